The molecule has 0 aliphatic heterocycles. The summed E-state index contributed by atoms with van der Waals surface area (Å²) in [5, 5.41) is 11.5. The van der Waals surface area contributed by atoms with Crippen molar-refractivity contribution in [3.63, 3.8) is 0 Å². The lowest BCUT2D eigenvalue weighted by atomic mass is 9.69. The van der Waals surface area contributed by atoms with E-state index in [1.165, 1.54) is 0 Å². The Balaban J connectivity index is 2.39. The van der Waals surface area contributed by atoms with Crippen LogP contribution in [0.2, 0.25) is 0 Å². The van der Waals surface area contributed by atoms with Crippen molar-refractivity contribution in [3.05, 3.63) is 0 Å². The molecule has 3 heteroatoms. The lowest BCUT2D eigenvalue weighted by Crippen LogP contribution is -2.44. The van der Waals surface area contributed by atoms with Crippen LogP contribution in [-0.2, 0) is 4.79 Å². The molecule has 1 fully saturated rings. The van der Waals surface area contributed by atoms with Crippen molar-refractivity contribution in [1.82, 2.24) is 5.32 Å². The van der Waals surface area contributed by atoms with Crippen LogP contribution in [0.15, 0.2) is 0 Å². The van der Waals surface area contributed by atoms with E-state index in [-0.39, 0.29) is 5.91 Å². The summed E-state index contributed by atoms with van der Waals surface area (Å²) in [5.74, 6) is 2.27. The summed E-state index contributed by atoms with van der Waals surface area (Å²) in [6, 6.07) is 2.08. The lowest BCUT2D eigenvalue weighted by Gasteiger charge is -2.33. The van der Waals surface area contributed by atoms with Crippen LogP contribution in [0.3, 0.4) is 0 Å². The zero-order valence-electron chi connectivity index (χ0n) is 7.47. The first kappa shape index (κ1) is 9.61. The number of amides is 1. The average molecular weight is 176 g/mol. The van der Waals surface area contributed by atoms with Gasteiger partial charge in [-0.15, -0.1) is 12.3 Å². The molecule has 1 N–H and O–H groups in total. The summed E-state index contributed by atoms with van der Waals surface area (Å²) >= 11 is 0. The third-order valence-electron chi connectivity index (χ3n) is 2.41. The zero-order chi connectivity index (χ0) is 9.73. The van der Waals surface area contributed by atoms with Crippen LogP contribution in [0.5, 0.6) is 0 Å². The predicted octanol–water partition coefficient (Wildman–Crippen LogP) is 0.820. The Labute approximate surface area is 78.1 Å². The molecule has 0 radical (unpaired) electrons. The summed E-state index contributed by atoms with van der Waals surface area (Å²) in [5.41, 5.74) is -0.741. The van der Waals surface area contributed by atoms with Gasteiger partial charge < -0.3 is 5.32 Å². The molecular formula is C10H12N2O. The second-order valence-corrected chi connectivity index (χ2v) is 3.26. The fraction of sp³-hybridized carbons (Fsp3) is 0.600. The molecule has 0 unspecified atom stereocenters. The highest BCUT2D eigenvalue weighted by Gasteiger charge is 2.44. The number of terminal acetylenes is 1. The van der Waals surface area contributed by atoms with E-state index in [0.717, 1.165) is 6.42 Å². The van der Waals surface area contributed by atoms with Gasteiger partial charge in [0.1, 0.15) is 5.41 Å². The van der Waals surface area contributed by atoms with Crippen LogP contribution in [-0.4, -0.2) is 12.5 Å². The van der Waals surface area contributed by atoms with Gasteiger partial charge in [-0.2, -0.15) is 5.26 Å². The number of hydrogen-bond donors (Lipinski definition) is 1. The molecule has 0 aromatic heterocycles. The first-order chi connectivity index (χ1) is 6.25. The summed E-state index contributed by atoms with van der Waals surface area (Å²) in [6.07, 6.45) is 7.90. The molecule has 0 heterocycles. The SMILES string of the molecule is C#CCCNC(=O)C1(C#N)CCC1. The van der Waals surface area contributed by atoms with Crippen LogP contribution < -0.4 is 5.32 Å². The largest absolute Gasteiger partial charge is 0.354 e. The van der Waals surface area contributed by atoms with Gasteiger partial charge in [-0.3, -0.25) is 4.79 Å². The van der Waals surface area contributed by atoms with Gasteiger partial charge in [-0.1, -0.05) is 0 Å². The van der Waals surface area contributed by atoms with Crippen LogP contribution in [0.25, 0.3) is 0 Å². The monoisotopic (exact) mass is 176 g/mol. The Morgan fingerprint density at radius 3 is 2.69 bits per heavy atom. The van der Waals surface area contributed by atoms with E-state index in [9.17, 15) is 4.79 Å². The van der Waals surface area contributed by atoms with Crippen molar-refractivity contribution >= 4 is 5.91 Å². The van der Waals surface area contributed by atoms with Crippen molar-refractivity contribution in [1.29, 1.82) is 5.26 Å². The molecule has 0 aromatic rings. The Hall–Kier alpha value is -1.48. The van der Waals surface area contributed by atoms with Crippen molar-refractivity contribution in [2.45, 2.75) is 25.7 Å². The minimum Gasteiger partial charge on any atom is -0.354 e. The number of rotatable bonds is 3. The predicted molar refractivity (Wildman–Crippen MR) is 48.4 cm³/mol. The number of carbonyl (C=O) groups is 1. The maximum Gasteiger partial charge on any atom is 0.240 e. The van der Waals surface area contributed by atoms with Crippen LogP contribution in [0.1, 0.15) is 25.7 Å². The molecule has 1 rings (SSSR count). The zero-order valence-corrected chi connectivity index (χ0v) is 7.47. The molecule has 0 bridgehead atoms. The van der Waals surface area contributed by atoms with E-state index in [1.54, 1.807) is 0 Å². The molecule has 0 saturated heterocycles. The molecule has 68 valence electrons. The summed E-state index contributed by atoms with van der Waals surface area (Å²) < 4.78 is 0. The van der Waals surface area contributed by atoms with Gasteiger partial charge >= 0.3 is 0 Å². The molecule has 0 spiro atoms. The fourth-order valence-corrected chi connectivity index (χ4v) is 1.34. The first-order valence-corrected chi connectivity index (χ1v) is 4.38. The normalized spacial score (nSPS) is 17.7. The first-order valence-electron chi connectivity index (χ1n) is 4.38. The van der Waals surface area contributed by atoms with Crippen molar-refractivity contribution in [3.8, 4) is 18.4 Å². The van der Waals surface area contributed by atoms with Gasteiger partial charge in [-0.25, -0.2) is 0 Å². The number of nitrogens with one attached hydrogen (secondary N) is 1. The maximum atomic E-state index is 11.5. The second-order valence-electron chi connectivity index (χ2n) is 3.26. The molecule has 3 nitrogen and oxygen atoms in total. The van der Waals surface area contributed by atoms with Crippen LogP contribution in [0, 0.1) is 29.1 Å². The molecule has 1 saturated carbocycles. The second kappa shape index (κ2) is 3.96. The van der Waals surface area contributed by atoms with Gasteiger partial charge in [0, 0.05) is 13.0 Å². The standard InChI is InChI=1S/C10H12N2O/c1-2-3-7-12-9(13)10(8-11)5-4-6-10/h1H,3-7H2,(H,12,13). The number of nitriles is 1. The lowest BCUT2D eigenvalue weighted by molar-refractivity contribution is -0.131. The quantitative estimate of drug-likeness (QED) is 0.511. The van der Waals surface area contributed by atoms with E-state index >= 15 is 0 Å². The summed E-state index contributed by atoms with van der Waals surface area (Å²) in [6.45, 7) is 0.471. The molecule has 13 heavy (non-hydrogen) atoms. The third kappa shape index (κ3) is 1.81. The minimum atomic E-state index is -0.741. The number of carbonyl (C=O) groups excluding carboxylic acids is 1. The van der Waals surface area contributed by atoms with Crippen LogP contribution in [0.4, 0.5) is 0 Å². The number of hydrogen-bond acceptors (Lipinski definition) is 2. The summed E-state index contributed by atoms with van der Waals surface area (Å²) in [4.78, 5) is 11.5. The molecule has 1 aliphatic carbocycles. The Morgan fingerprint density at radius 1 is 1.62 bits per heavy atom. The van der Waals surface area contributed by atoms with Gasteiger partial charge in [0.15, 0.2) is 0 Å². The minimum absolute atomic E-state index is 0.156. The highest BCUT2D eigenvalue weighted by atomic mass is 16.2. The Morgan fingerprint density at radius 2 is 2.31 bits per heavy atom. The van der Waals surface area contributed by atoms with E-state index in [1.807, 2.05) is 0 Å². The number of nitrogens with zero attached hydrogens (tertiary/aromatic N) is 1. The van der Waals surface area contributed by atoms with Gasteiger partial charge in [0.2, 0.25) is 5.91 Å². The van der Waals surface area contributed by atoms with Gasteiger partial charge in [-0.05, 0) is 19.3 Å². The smallest absolute Gasteiger partial charge is 0.240 e. The van der Waals surface area contributed by atoms with Gasteiger partial charge in [0.05, 0.1) is 6.07 Å². The van der Waals surface area contributed by atoms with E-state index in [0.29, 0.717) is 25.8 Å². The van der Waals surface area contributed by atoms with Crippen molar-refractivity contribution < 1.29 is 4.79 Å². The highest BCUT2D eigenvalue weighted by molar-refractivity contribution is 5.86. The fourth-order valence-electron chi connectivity index (χ4n) is 1.34. The summed E-state index contributed by atoms with van der Waals surface area (Å²) in [7, 11) is 0. The van der Waals surface area contributed by atoms with Crippen molar-refractivity contribution in [2.24, 2.45) is 5.41 Å². The van der Waals surface area contributed by atoms with E-state index < -0.39 is 5.41 Å². The van der Waals surface area contributed by atoms with Crippen molar-refractivity contribution in [2.75, 3.05) is 6.54 Å². The molecule has 0 aromatic carbocycles. The highest BCUT2D eigenvalue weighted by Crippen LogP contribution is 2.40. The maximum absolute atomic E-state index is 11.5. The van der Waals surface area contributed by atoms with Gasteiger partial charge in [0.25, 0.3) is 0 Å². The Bertz CT molecular complexity index is 278. The Kier molecular flexibility index (Phi) is 2.93. The average Bonchev–Trinajstić information content (AvgIpc) is 2.04. The van der Waals surface area contributed by atoms with E-state index in [2.05, 4.69) is 17.3 Å². The van der Waals surface area contributed by atoms with E-state index in [4.69, 9.17) is 11.7 Å². The topological polar surface area (TPSA) is 52.9 Å². The third-order valence-corrected chi connectivity index (χ3v) is 2.41. The molecular weight excluding hydrogens is 164 g/mol. The van der Waals surface area contributed by atoms with Crippen LogP contribution >= 0.6 is 0 Å². The molecule has 1 amide bonds. The molecule has 1 aliphatic rings. The molecule has 0 atom stereocenters.